The molecular formula is C15H21ClN2O. The number of nitrogens with one attached hydrogen (secondary N) is 1. The van der Waals surface area contributed by atoms with Crippen LogP contribution >= 0.6 is 11.6 Å². The molecule has 1 amide bonds. The molecule has 104 valence electrons. The number of hydrogen-bond acceptors (Lipinski definition) is 2. The Morgan fingerprint density at radius 1 is 1.32 bits per heavy atom. The maximum absolute atomic E-state index is 12.4. The molecule has 0 spiro atoms. The van der Waals surface area contributed by atoms with Crippen LogP contribution in [0.3, 0.4) is 0 Å². The molecule has 0 saturated carbocycles. The summed E-state index contributed by atoms with van der Waals surface area (Å²) in [6, 6.07) is 7.75. The van der Waals surface area contributed by atoms with E-state index in [-0.39, 0.29) is 11.9 Å². The minimum atomic E-state index is -0.0892. The summed E-state index contributed by atoms with van der Waals surface area (Å²) in [6.45, 7) is 7.16. The van der Waals surface area contributed by atoms with Gasteiger partial charge in [-0.2, -0.15) is 0 Å². The van der Waals surface area contributed by atoms with Gasteiger partial charge in [-0.05, 0) is 31.4 Å². The third-order valence-electron chi connectivity index (χ3n) is 3.81. The molecule has 2 atom stereocenters. The fourth-order valence-electron chi connectivity index (χ4n) is 2.25. The van der Waals surface area contributed by atoms with Crippen molar-refractivity contribution in [3.63, 3.8) is 0 Å². The third-order valence-corrected chi connectivity index (χ3v) is 4.13. The first kappa shape index (κ1) is 14.4. The summed E-state index contributed by atoms with van der Waals surface area (Å²) >= 11 is 6.16. The predicted molar refractivity (Wildman–Crippen MR) is 79.6 cm³/mol. The zero-order valence-electron chi connectivity index (χ0n) is 11.7. The minimum absolute atomic E-state index is 0.0892. The molecule has 1 N–H and O–H groups in total. The highest BCUT2D eigenvalue weighted by Crippen LogP contribution is 2.29. The molecule has 1 aromatic rings. The summed E-state index contributed by atoms with van der Waals surface area (Å²) in [4.78, 5) is 14.2. The molecule has 0 radical (unpaired) electrons. The van der Waals surface area contributed by atoms with Gasteiger partial charge in [-0.15, -0.1) is 0 Å². The van der Waals surface area contributed by atoms with E-state index < -0.39 is 0 Å². The van der Waals surface area contributed by atoms with Crippen molar-refractivity contribution in [1.82, 2.24) is 5.32 Å². The van der Waals surface area contributed by atoms with Crippen LogP contribution < -0.4 is 10.2 Å². The van der Waals surface area contributed by atoms with E-state index in [1.165, 1.54) is 0 Å². The monoisotopic (exact) mass is 280 g/mol. The summed E-state index contributed by atoms with van der Waals surface area (Å²) in [5, 5.41) is 4.05. The van der Waals surface area contributed by atoms with Gasteiger partial charge in [0.1, 0.15) is 0 Å². The van der Waals surface area contributed by atoms with Crippen LogP contribution in [0.25, 0.3) is 0 Å². The SMILES string of the molecule is CC(C)C(C)NC1CCN(c2ccccc2Cl)C1=O. The second-order valence-electron chi connectivity index (χ2n) is 5.48. The molecule has 1 saturated heterocycles. The third kappa shape index (κ3) is 3.10. The number of hydrogen-bond donors (Lipinski definition) is 1. The highest BCUT2D eigenvalue weighted by atomic mass is 35.5. The Labute approximate surface area is 119 Å². The van der Waals surface area contributed by atoms with E-state index in [0.717, 1.165) is 18.7 Å². The van der Waals surface area contributed by atoms with E-state index in [0.29, 0.717) is 17.0 Å². The molecule has 1 aromatic carbocycles. The Hall–Kier alpha value is -1.06. The van der Waals surface area contributed by atoms with E-state index in [4.69, 9.17) is 11.6 Å². The number of halogens is 1. The molecule has 0 aromatic heterocycles. The Kier molecular flexibility index (Phi) is 4.48. The van der Waals surface area contributed by atoms with E-state index >= 15 is 0 Å². The van der Waals surface area contributed by atoms with Gasteiger partial charge in [0.25, 0.3) is 0 Å². The van der Waals surface area contributed by atoms with E-state index in [1.54, 1.807) is 4.90 Å². The second-order valence-corrected chi connectivity index (χ2v) is 5.89. The van der Waals surface area contributed by atoms with Crippen LogP contribution in [0, 0.1) is 5.92 Å². The first-order chi connectivity index (χ1) is 9.00. The number of para-hydroxylation sites is 1. The van der Waals surface area contributed by atoms with Crippen LogP contribution in [0.5, 0.6) is 0 Å². The molecule has 2 rings (SSSR count). The van der Waals surface area contributed by atoms with Gasteiger partial charge in [0.15, 0.2) is 0 Å². The zero-order chi connectivity index (χ0) is 14.0. The summed E-state index contributed by atoms with van der Waals surface area (Å²) in [5.74, 6) is 0.641. The average molecular weight is 281 g/mol. The van der Waals surface area contributed by atoms with Crippen LogP contribution in [0.1, 0.15) is 27.2 Å². The van der Waals surface area contributed by atoms with Crippen molar-refractivity contribution in [1.29, 1.82) is 0 Å². The average Bonchev–Trinajstić information content (AvgIpc) is 2.72. The maximum atomic E-state index is 12.4. The topological polar surface area (TPSA) is 32.3 Å². The number of anilines is 1. The molecular weight excluding hydrogens is 260 g/mol. The lowest BCUT2D eigenvalue weighted by Crippen LogP contribution is -2.44. The molecule has 3 nitrogen and oxygen atoms in total. The van der Waals surface area contributed by atoms with Gasteiger partial charge >= 0.3 is 0 Å². The van der Waals surface area contributed by atoms with Gasteiger partial charge < -0.3 is 10.2 Å². The standard InChI is InChI=1S/C15H21ClN2O/c1-10(2)11(3)17-13-8-9-18(15(13)19)14-7-5-4-6-12(14)16/h4-7,10-11,13,17H,8-9H2,1-3H3. The molecule has 4 heteroatoms. The molecule has 1 fully saturated rings. The molecule has 0 aliphatic carbocycles. The lowest BCUT2D eigenvalue weighted by molar-refractivity contribution is -0.119. The van der Waals surface area contributed by atoms with E-state index in [2.05, 4.69) is 26.1 Å². The van der Waals surface area contributed by atoms with Gasteiger partial charge in [-0.1, -0.05) is 37.6 Å². The van der Waals surface area contributed by atoms with Crippen molar-refractivity contribution in [2.45, 2.75) is 39.3 Å². The molecule has 2 unspecified atom stereocenters. The number of amides is 1. The second kappa shape index (κ2) is 5.93. The predicted octanol–water partition coefficient (Wildman–Crippen LogP) is 3.08. The highest BCUT2D eigenvalue weighted by Gasteiger charge is 2.34. The first-order valence-electron chi connectivity index (χ1n) is 6.82. The Bertz CT molecular complexity index is 461. The quantitative estimate of drug-likeness (QED) is 0.919. The largest absolute Gasteiger partial charge is 0.310 e. The van der Waals surface area contributed by atoms with Crippen LogP contribution in [-0.2, 0) is 4.79 Å². The fourth-order valence-corrected chi connectivity index (χ4v) is 2.49. The van der Waals surface area contributed by atoms with Gasteiger partial charge in [0, 0.05) is 12.6 Å². The van der Waals surface area contributed by atoms with Crippen LogP contribution in [0.4, 0.5) is 5.69 Å². The Morgan fingerprint density at radius 3 is 2.63 bits per heavy atom. The summed E-state index contributed by atoms with van der Waals surface area (Å²) in [6.07, 6.45) is 0.834. The fraction of sp³-hybridized carbons (Fsp3) is 0.533. The van der Waals surface area contributed by atoms with Gasteiger partial charge in [0.05, 0.1) is 16.8 Å². The Balaban J connectivity index is 2.08. The first-order valence-corrected chi connectivity index (χ1v) is 7.20. The summed E-state index contributed by atoms with van der Waals surface area (Å²) in [5.41, 5.74) is 0.815. The van der Waals surface area contributed by atoms with E-state index in [9.17, 15) is 4.79 Å². The summed E-state index contributed by atoms with van der Waals surface area (Å²) < 4.78 is 0. The van der Waals surface area contributed by atoms with Gasteiger partial charge in [-0.25, -0.2) is 0 Å². The molecule has 0 bridgehead atoms. The molecule has 19 heavy (non-hydrogen) atoms. The van der Waals surface area contributed by atoms with Crippen LogP contribution in [0.15, 0.2) is 24.3 Å². The molecule has 1 aliphatic rings. The smallest absolute Gasteiger partial charge is 0.244 e. The lowest BCUT2D eigenvalue weighted by atomic mass is 10.1. The summed E-state index contributed by atoms with van der Waals surface area (Å²) in [7, 11) is 0. The van der Waals surface area contributed by atoms with Crippen molar-refractivity contribution in [3.05, 3.63) is 29.3 Å². The van der Waals surface area contributed by atoms with Crippen molar-refractivity contribution >= 4 is 23.2 Å². The van der Waals surface area contributed by atoms with Crippen molar-refractivity contribution < 1.29 is 4.79 Å². The van der Waals surface area contributed by atoms with Gasteiger partial charge in [0.2, 0.25) is 5.91 Å². The maximum Gasteiger partial charge on any atom is 0.244 e. The Morgan fingerprint density at radius 2 is 2.00 bits per heavy atom. The lowest BCUT2D eigenvalue weighted by Gasteiger charge is -2.22. The van der Waals surface area contributed by atoms with Crippen molar-refractivity contribution in [3.8, 4) is 0 Å². The zero-order valence-corrected chi connectivity index (χ0v) is 12.4. The van der Waals surface area contributed by atoms with E-state index in [1.807, 2.05) is 24.3 Å². The number of carbonyl (C=O) groups is 1. The minimum Gasteiger partial charge on any atom is -0.310 e. The van der Waals surface area contributed by atoms with Crippen LogP contribution in [-0.4, -0.2) is 24.5 Å². The van der Waals surface area contributed by atoms with Crippen LogP contribution in [0.2, 0.25) is 5.02 Å². The number of carbonyl (C=O) groups excluding carboxylic acids is 1. The number of rotatable bonds is 4. The number of benzene rings is 1. The van der Waals surface area contributed by atoms with Gasteiger partial charge in [-0.3, -0.25) is 4.79 Å². The number of nitrogens with zero attached hydrogens (tertiary/aromatic N) is 1. The normalized spacial score (nSPS) is 21.2. The van der Waals surface area contributed by atoms with Crippen molar-refractivity contribution in [2.24, 2.45) is 5.92 Å². The highest BCUT2D eigenvalue weighted by molar-refractivity contribution is 6.33. The molecule has 1 heterocycles. The van der Waals surface area contributed by atoms with Crippen molar-refractivity contribution in [2.75, 3.05) is 11.4 Å². The molecule has 1 aliphatic heterocycles.